The van der Waals surface area contributed by atoms with E-state index in [1.54, 1.807) is 0 Å². The fourth-order valence-corrected chi connectivity index (χ4v) is 2.22. The number of hydrazine groups is 1. The molecule has 1 atom stereocenters. The monoisotopic (exact) mass is 259 g/mol. The average Bonchev–Trinajstić information content (AvgIpc) is 2.78. The molecule has 0 aliphatic carbocycles. The van der Waals surface area contributed by atoms with Crippen LogP contribution in [0.25, 0.3) is 10.9 Å². The Bertz CT molecular complexity index is 526. The number of aromatic nitrogens is 1. The van der Waals surface area contributed by atoms with Crippen molar-refractivity contribution in [2.75, 3.05) is 0 Å². The lowest BCUT2D eigenvalue weighted by atomic mass is 10.1. The topological polar surface area (TPSA) is 56.9 Å². The van der Waals surface area contributed by atoms with Crippen LogP contribution in [0.4, 0.5) is 0 Å². The second kappa shape index (κ2) is 5.89. The average molecular weight is 259 g/mol. The number of H-pyrrole nitrogens is 1. The maximum absolute atomic E-state index is 12.0. The molecular formula is C15H21N3O. The van der Waals surface area contributed by atoms with Crippen LogP contribution < -0.4 is 10.9 Å². The van der Waals surface area contributed by atoms with Crippen molar-refractivity contribution in [2.24, 2.45) is 5.92 Å². The van der Waals surface area contributed by atoms with E-state index in [9.17, 15) is 4.79 Å². The molecule has 1 heterocycles. The Morgan fingerprint density at radius 1 is 1.26 bits per heavy atom. The Labute approximate surface area is 113 Å². The van der Waals surface area contributed by atoms with Gasteiger partial charge in [0.2, 0.25) is 0 Å². The number of fused-ring (bicyclic) bond motifs is 1. The van der Waals surface area contributed by atoms with Gasteiger partial charge in [-0.15, -0.1) is 0 Å². The molecule has 0 aliphatic rings. The van der Waals surface area contributed by atoms with Gasteiger partial charge in [0.25, 0.3) is 5.91 Å². The number of benzene rings is 1. The summed E-state index contributed by atoms with van der Waals surface area (Å²) in [6, 6.07) is 9.97. The number of rotatable bonds is 5. The third kappa shape index (κ3) is 3.58. The predicted octanol–water partition coefficient (Wildman–Crippen LogP) is 2.84. The molecule has 4 heteroatoms. The first-order chi connectivity index (χ1) is 9.06. The van der Waals surface area contributed by atoms with Crippen molar-refractivity contribution in [2.45, 2.75) is 33.2 Å². The van der Waals surface area contributed by atoms with E-state index in [0.29, 0.717) is 11.6 Å². The van der Waals surface area contributed by atoms with Gasteiger partial charge in [0.1, 0.15) is 5.69 Å². The van der Waals surface area contributed by atoms with Crippen molar-refractivity contribution < 1.29 is 4.79 Å². The number of amides is 1. The van der Waals surface area contributed by atoms with Crippen LogP contribution in [0.5, 0.6) is 0 Å². The number of carbonyl (C=O) groups excluding carboxylic acids is 1. The molecule has 1 aromatic carbocycles. The van der Waals surface area contributed by atoms with Gasteiger partial charge < -0.3 is 4.98 Å². The highest BCUT2D eigenvalue weighted by Gasteiger charge is 2.10. The Morgan fingerprint density at radius 3 is 2.68 bits per heavy atom. The fourth-order valence-electron chi connectivity index (χ4n) is 2.22. The molecule has 4 nitrogen and oxygen atoms in total. The van der Waals surface area contributed by atoms with Gasteiger partial charge in [-0.1, -0.05) is 32.0 Å². The van der Waals surface area contributed by atoms with Gasteiger partial charge in [-0.2, -0.15) is 0 Å². The number of para-hydroxylation sites is 1. The highest BCUT2D eigenvalue weighted by molar-refractivity contribution is 5.97. The molecule has 3 N–H and O–H groups in total. The van der Waals surface area contributed by atoms with E-state index in [1.165, 1.54) is 0 Å². The van der Waals surface area contributed by atoms with Gasteiger partial charge in [0.15, 0.2) is 0 Å². The van der Waals surface area contributed by atoms with Crippen molar-refractivity contribution in [3.63, 3.8) is 0 Å². The van der Waals surface area contributed by atoms with E-state index >= 15 is 0 Å². The minimum Gasteiger partial charge on any atom is -0.350 e. The van der Waals surface area contributed by atoms with Crippen molar-refractivity contribution in [1.29, 1.82) is 0 Å². The van der Waals surface area contributed by atoms with Crippen LogP contribution in [0.15, 0.2) is 30.3 Å². The SMILES string of the molecule is CC(C)C[C@H](C)NNC(=O)c1cc2ccccc2[nH]1. The molecule has 0 radical (unpaired) electrons. The van der Waals surface area contributed by atoms with Crippen molar-refractivity contribution in [1.82, 2.24) is 15.8 Å². The minimum absolute atomic E-state index is 0.133. The molecule has 0 saturated heterocycles. The first kappa shape index (κ1) is 13.6. The molecule has 0 unspecified atom stereocenters. The summed E-state index contributed by atoms with van der Waals surface area (Å²) in [6.07, 6.45) is 1.02. The Balaban J connectivity index is 1.96. The largest absolute Gasteiger partial charge is 0.350 e. The molecule has 0 aliphatic heterocycles. The quantitative estimate of drug-likeness (QED) is 0.723. The van der Waals surface area contributed by atoms with E-state index < -0.39 is 0 Å². The highest BCUT2D eigenvalue weighted by atomic mass is 16.2. The molecule has 0 fully saturated rings. The zero-order valence-corrected chi connectivity index (χ0v) is 11.7. The molecule has 0 spiro atoms. The van der Waals surface area contributed by atoms with Gasteiger partial charge in [-0.05, 0) is 31.4 Å². The van der Waals surface area contributed by atoms with Crippen molar-refractivity contribution >= 4 is 16.8 Å². The molecule has 2 rings (SSSR count). The third-order valence-electron chi connectivity index (χ3n) is 3.03. The predicted molar refractivity (Wildman–Crippen MR) is 77.8 cm³/mol. The summed E-state index contributed by atoms with van der Waals surface area (Å²) in [5.41, 5.74) is 7.33. The fraction of sp³-hybridized carbons (Fsp3) is 0.400. The van der Waals surface area contributed by atoms with Crippen LogP contribution in [-0.2, 0) is 0 Å². The lowest BCUT2D eigenvalue weighted by Crippen LogP contribution is -2.43. The van der Waals surface area contributed by atoms with Crippen molar-refractivity contribution in [3.05, 3.63) is 36.0 Å². The summed E-state index contributed by atoms with van der Waals surface area (Å²) < 4.78 is 0. The van der Waals surface area contributed by atoms with E-state index in [-0.39, 0.29) is 11.9 Å². The van der Waals surface area contributed by atoms with Crippen LogP contribution in [0.3, 0.4) is 0 Å². The Kier molecular flexibility index (Phi) is 4.22. The number of hydrogen-bond acceptors (Lipinski definition) is 2. The summed E-state index contributed by atoms with van der Waals surface area (Å²) >= 11 is 0. The van der Waals surface area contributed by atoms with Crippen LogP contribution in [0.1, 0.15) is 37.7 Å². The normalized spacial score (nSPS) is 12.8. The minimum atomic E-state index is -0.133. The summed E-state index contributed by atoms with van der Waals surface area (Å²) in [4.78, 5) is 15.1. The zero-order chi connectivity index (χ0) is 13.8. The van der Waals surface area contributed by atoms with Crippen LogP contribution in [0, 0.1) is 5.92 Å². The standard InChI is InChI=1S/C15H21N3O/c1-10(2)8-11(3)17-18-15(19)14-9-12-6-4-5-7-13(12)16-14/h4-7,9-11,16-17H,8H2,1-3H3,(H,18,19)/t11-/m0/s1. The summed E-state index contributed by atoms with van der Waals surface area (Å²) in [5, 5.41) is 1.04. The van der Waals surface area contributed by atoms with Gasteiger partial charge in [-0.25, -0.2) is 5.43 Å². The second-order valence-corrected chi connectivity index (χ2v) is 5.40. The lowest BCUT2D eigenvalue weighted by molar-refractivity contribution is 0.0920. The zero-order valence-electron chi connectivity index (χ0n) is 11.7. The summed E-state index contributed by atoms with van der Waals surface area (Å²) in [6.45, 7) is 6.39. The Morgan fingerprint density at radius 2 is 2.00 bits per heavy atom. The maximum Gasteiger partial charge on any atom is 0.281 e. The van der Waals surface area contributed by atoms with Crippen LogP contribution in [0.2, 0.25) is 0 Å². The van der Waals surface area contributed by atoms with E-state index in [4.69, 9.17) is 0 Å². The number of nitrogens with one attached hydrogen (secondary N) is 3. The molecule has 0 saturated carbocycles. The lowest BCUT2D eigenvalue weighted by Gasteiger charge is -2.16. The van der Waals surface area contributed by atoms with Crippen LogP contribution >= 0.6 is 0 Å². The number of aromatic amines is 1. The van der Waals surface area contributed by atoms with Crippen LogP contribution in [-0.4, -0.2) is 16.9 Å². The number of carbonyl (C=O) groups is 1. The van der Waals surface area contributed by atoms with E-state index in [1.807, 2.05) is 30.3 Å². The maximum atomic E-state index is 12.0. The third-order valence-corrected chi connectivity index (χ3v) is 3.03. The Hall–Kier alpha value is -1.81. The molecule has 0 bridgehead atoms. The van der Waals surface area contributed by atoms with Gasteiger partial charge >= 0.3 is 0 Å². The van der Waals surface area contributed by atoms with E-state index in [2.05, 4.69) is 36.6 Å². The molecule has 1 aromatic heterocycles. The highest BCUT2D eigenvalue weighted by Crippen LogP contribution is 2.14. The molecule has 2 aromatic rings. The molecule has 1 amide bonds. The first-order valence-corrected chi connectivity index (χ1v) is 6.70. The van der Waals surface area contributed by atoms with E-state index in [0.717, 1.165) is 17.3 Å². The number of hydrogen-bond donors (Lipinski definition) is 3. The first-order valence-electron chi connectivity index (χ1n) is 6.70. The van der Waals surface area contributed by atoms with Gasteiger partial charge in [0.05, 0.1) is 0 Å². The second-order valence-electron chi connectivity index (χ2n) is 5.40. The molecular weight excluding hydrogens is 238 g/mol. The summed E-state index contributed by atoms with van der Waals surface area (Å²) in [7, 11) is 0. The van der Waals surface area contributed by atoms with Gasteiger partial charge in [-0.3, -0.25) is 10.2 Å². The van der Waals surface area contributed by atoms with Gasteiger partial charge in [0, 0.05) is 16.9 Å². The molecule has 102 valence electrons. The smallest absolute Gasteiger partial charge is 0.281 e. The molecule has 19 heavy (non-hydrogen) atoms. The summed E-state index contributed by atoms with van der Waals surface area (Å²) in [5.74, 6) is 0.472. The van der Waals surface area contributed by atoms with Crippen molar-refractivity contribution in [3.8, 4) is 0 Å².